The summed E-state index contributed by atoms with van der Waals surface area (Å²) in [5.74, 6) is 0.905. The van der Waals surface area contributed by atoms with E-state index in [4.69, 9.17) is 10.5 Å². The minimum absolute atomic E-state index is 0. The minimum atomic E-state index is 0. The van der Waals surface area contributed by atoms with Gasteiger partial charge in [-0.15, -0.1) is 12.4 Å². The lowest BCUT2D eigenvalue weighted by atomic mass is 10.0. The van der Waals surface area contributed by atoms with Crippen LogP contribution < -0.4 is 10.5 Å². The van der Waals surface area contributed by atoms with E-state index in [0.29, 0.717) is 17.0 Å². The Bertz CT molecular complexity index is 515. The second kappa shape index (κ2) is 5.46. The molecule has 4 heteroatoms. The van der Waals surface area contributed by atoms with Crippen LogP contribution in [0.3, 0.4) is 0 Å². The standard InChI is InChI=1S/C13H13NO2.ClH/c1-16-13-5-3-2-4-10(13)11-8-9(14)6-7-12(11)15;/h2-8,15H,14H2,1H3;1H. The molecular weight excluding hydrogens is 238 g/mol. The van der Waals surface area contributed by atoms with E-state index < -0.39 is 0 Å². The zero-order valence-electron chi connectivity index (χ0n) is 9.38. The molecule has 0 aromatic heterocycles. The molecule has 0 saturated heterocycles. The number of benzene rings is 2. The number of aromatic hydroxyl groups is 1. The Balaban J connectivity index is 0.00000144. The van der Waals surface area contributed by atoms with Crippen LogP contribution in [-0.2, 0) is 0 Å². The van der Waals surface area contributed by atoms with Crippen LogP contribution in [0.15, 0.2) is 42.5 Å². The van der Waals surface area contributed by atoms with E-state index in [1.54, 1.807) is 25.3 Å². The fraction of sp³-hybridized carbons (Fsp3) is 0.0769. The summed E-state index contributed by atoms with van der Waals surface area (Å²) in [6.45, 7) is 0. The molecule has 0 saturated carbocycles. The molecule has 3 N–H and O–H groups in total. The van der Waals surface area contributed by atoms with Gasteiger partial charge in [0, 0.05) is 16.8 Å². The van der Waals surface area contributed by atoms with Gasteiger partial charge in [-0.25, -0.2) is 0 Å². The molecule has 0 spiro atoms. The van der Waals surface area contributed by atoms with Crippen molar-refractivity contribution in [2.24, 2.45) is 0 Å². The van der Waals surface area contributed by atoms with Crippen LogP contribution in [0.2, 0.25) is 0 Å². The van der Waals surface area contributed by atoms with Gasteiger partial charge in [-0.1, -0.05) is 18.2 Å². The number of nitrogen functional groups attached to an aromatic ring is 1. The Morgan fingerprint density at radius 1 is 1.06 bits per heavy atom. The summed E-state index contributed by atoms with van der Waals surface area (Å²) >= 11 is 0. The number of para-hydroxylation sites is 1. The number of anilines is 1. The first-order valence-corrected chi connectivity index (χ1v) is 4.94. The molecular formula is C13H14ClNO2. The molecule has 0 aliphatic carbocycles. The second-order valence-electron chi connectivity index (χ2n) is 3.48. The molecule has 90 valence electrons. The summed E-state index contributed by atoms with van der Waals surface area (Å²) in [5.41, 5.74) is 7.82. The number of ether oxygens (including phenoxy) is 1. The van der Waals surface area contributed by atoms with E-state index in [0.717, 1.165) is 5.56 Å². The molecule has 0 aliphatic heterocycles. The molecule has 0 bridgehead atoms. The zero-order chi connectivity index (χ0) is 11.5. The van der Waals surface area contributed by atoms with Crippen molar-refractivity contribution < 1.29 is 9.84 Å². The average molecular weight is 252 g/mol. The number of phenols is 1. The van der Waals surface area contributed by atoms with E-state index >= 15 is 0 Å². The number of hydrogen-bond acceptors (Lipinski definition) is 3. The molecule has 0 fully saturated rings. The molecule has 0 unspecified atom stereocenters. The molecule has 2 rings (SSSR count). The smallest absolute Gasteiger partial charge is 0.126 e. The lowest BCUT2D eigenvalue weighted by Crippen LogP contribution is -1.90. The van der Waals surface area contributed by atoms with Gasteiger partial charge < -0.3 is 15.6 Å². The highest BCUT2D eigenvalue weighted by Crippen LogP contribution is 2.36. The topological polar surface area (TPSA) is 55.5 Å². The van der Waals surface area contributed by atoms with Crippen LogP contribution in [0.25, 0.3) is 11.1 Å². The van der Waals surface area contributed by atoms with Gasteiger partial charge in [-0.3, -0.25) is 0 Å². The first-order valence-electron chi connectivity index (χ1n) is 4.94. The van der Waals surface area contributed by atoms with Crippen LogP contribution in [0.5, 0.6) is 11.5 Å². The van der Waals surface area contributed by atoms with Crippen LogP contribution in [-0.4, -0.2) is 12.2 Å². The molecule has 2 aromatic carbocycles. The van der Waals surface area contributed by atoms with Gasteiger partial charge in [0.2, 0.25) is 0 Å². The Kier molecular flexibility index (Phi) is 4.24. The number of halogens is 1. The van der Waals surface area contributed by atoms with Crippen molar-refractivity contribution in [3.8, 4) is 22.6 Å². The number of nitrogens with two attached hydrogens (primary N) is 1. The van der Waals surface area contributed by atoms with E-state index in [1.165, 1.54) is 0 Å². The van der Waals surface area contributed by atoms with Gasteiger partial charge in [0.05, 0.1) is 7.11 Å². The van der Waals surface area contributed by atoms with Crippen molar-refractivity contribution in [3.05, 3.63) is 42.5 Å². The van der Waals surface area contributed by atoms with Crippen LogP contribution in [0.1, 0.15) is 0 Å². The van der Waals surface area contributed by atoms with E-state index in [-0.39, 0.29) is 18.2 Å². The quantitative estimate of drug-likeness (QED) is 0.637. The van der Waals surface area contributed by atoms with Crippen molar-refractivity contribution in [2.45, 2.75) is 0 Å². The normalized spacial score (nSPS) is 9.47. The maximum Gasteiger partial charge on any atom is 0.126 e. The molecule has 0 heterocycles. The third-order valence-corrected chi connectivity index (χ3v) is 2.42. The van der Waals surface area contributed by atoms with Crippen molar-refractivity contribution in [3.63, 3.8) is 0 Å². The summed E-state index contributed by atoms with van der Waals surface area (Å²) in [6, 6.07) is 12.5. The summed E-state index contributed by atoms with van der Waals surface area (Å²) < 4.78 is 5.24. The summed E-state index contributed by atoms with van der Waals surface area (Å²) in [4.78, 5) is 0. The van der Waals surface area contributed by atoms with E-state index in [9.17, 15) is 5.11 Å². The SMILES string of the molecule is COc1ccccc1-c1cc(N)ccc1O.Cl. The third-order valence-electron chi connectivity index (χ3n) is 2.42. The average Bonchev–Trinajstić information content (AvgIpc) is 2.32. The Morgan fingerprint density at radius 2 is 1.76 bits per heavy atom. The Labute approximate surface area is 106 Å². The molecule has 17 heavy (non-hydrogen) atoms. The summed E-state index contributed by atoms with van der Waals surface area (Å²) in [7, 11) is 1.60. The molecule has 0 aliphatic rings. The molecule has 2 aromatic rings. The molecule has 0 radical (unpaired) electrons. The van der Waals surface area contributed by atoms with Gasteiger partial charge in [-0.05, 0) is 24.3 Å². The molecule has 3 nitrogen and oxygen atoms in total. The Morgan fingerprint density at radius 3 is 2.47 bits per heavy atom. The van der Waals surface area contributed by atoms with Gasteiger partial charge in [0.1, 0.15) is 11.5 Å². The predicted molar refractivity (Wildman–Crippen MR) is 71.8 cm³/mol. The van der Waals surface area contributed by atoms with Crippen molar-refractivity contribution in [2.75, 3.05) is 12.8 Å². The highest BCUT2D eigenvalue weighted by Gasteiger charge is 2.09. The third kappa shape index (κ3) is 2.63. The molecule has 0 atom stereocenters. The molecule has 0 amide bonds. The van der Waals surface area contributed by atoms with Crippen molar-refractivity contribution in [1.29, 1.82) is 0 Å². The highest BCUT2D eigenvalue weighted by molar-refractivity contribution is 5.85. The monoisotopic (exact) mass is 251 g/mol. The number of methoxy groups -OCH3 is 1. The summed E-state index contributed by atoms with van der Waals surface area (Å²) in [6.07, 6.45) is 0. The highest BCUT2D eigenvalue weighted by atomic mass is 35.5. The van der Waals surface area contributed by atoms with Gasteiger partial charge in [0.15, 0.2) is 0 Å². The van der Waals surface area contributed by atoms with Crippen LogP contribution in [0.4, 0.5) is 5.69 Å². The maximum atomic E-state index is 9.80. The Hall–Kier alpha value is -1.87. The van der Waals surface area contributed by atoms with Crippen LogP contribution >= 0.6 is 12.4 Å². The minimum Gasteiger partial charge on any atom is -0.507 e. The van der Waals surface area contributed by atoms with E-state index in [1.807, 2.05) is 24.3 Å². The van der Waals surface area contributed by atoms with Crippen molar-refractivity contribution >= 4 is 18.1 Å². The first kappa shape index (κ1) is 13.2. The zero-order valence-corrected chi connectivity index (χ0v) is 10.2. The van der Waals surface area contributed by atoms with Crippen molar-refractivity contribution in [1.82, 2.24) is 0 Å². The van der Waals surface area contributed by atoms with Gasteiger partial charge >= 0.3 is 0 Å². The predicted octanol–water partition coefficient (Wildman–Crippen LogP) is 3.07. The van der Waals surface area contributed by atoms with Crippen LogP contribution in [0, 0.1) is 0 Å². The lowest BCUT2D eigenvalue weighted by Gasteiger charge is -2.10. The van der Waals surface area contributed by atoms with Gasteiger partial charge in [0.25, 0.3) is 0 Å². The van der Waals surface area contributed by atoms with Gasteiger partial charge in [-0.2, -0.15) is 0 Å². The van der Waals surface area contributed by atoms with E-state index in [2.05, 4.69) is 0 Å². The first-order chi connectivity index (χ1) is 7.72. The number of hydrogen-bond donors (Lipinski definition) is 2. The largest absolute Gasteiger partial charge is 0.507 e. The maximum absolute atomic E-state index is 9.80. The number of phenolic OH excluding ortho intramolecular Hbond substituents is 1. The second-order valence-corrected chi connectivity index (χ2v) is 3.48. The number of rotatable bonds is 2. The fourth-order valence-electron chi connectivity index (χ4n) is 1.64. The summed E-state index contributed by atoms with van der Waals surface area (Å²) in [5, 5.41) is 9.80. The fourth-order valence-corrected chi connectivity index (χ4v) is 1.64. The lowest BCUT2D eigenvalue weighted by molar-refractivity contribution is 0.415.